The molecule has 0 radical (unpaired) electrons. The summed E-state index contributed by atoms with van der Waals surface area (Å²) < 4.78 is 37.9. The normalized spacial score (nSPS) is 12.2. The SMILES string of the molecule is CNCCC=Cc1ccc(N)nc1C(F)(F)F. The molecule has 0 atom stereocenters. The molecule has 0 saturated heterocycles. The van der Waals surface area contributed by atoms with Crippen LogP contribution in [0, 0.1) is 0 Å². The molecule has 0 spiro atoms. The highest BCUT2D eigenvalue weighted by atomic mass is 19.4. The number of hydrogen-bond donors (Lipinski definition) is 2. The van der Waals surface area contributed by atoms with Crippen molar-refractivity contribution in [1.29, 1.82) is 0 Å². The van der Waals surface area contributed by atoms with E-state index in [4.69, 9.17) is 5.73 Å². The van der Waals surface area contributed by atoms with Gasteiger partial charge in [-0.05, 0) is 32.1 Å². The number of rotatable bonds is 4. The van der Waals surface area contributed by atoms with Crippen molar-refractivity contribution < 1.29 is 13.2 Å². The summed E-state index contributed by atoms with van der Waals surface area (Å²) >= 11 is 0. The van der Waals surface area contributed by atoms with Crippen LogP contribution in [0.4, 0.5) is 19.0 Å². The Hall–Kier alpha value is -1.56. The Morgan fingerprint density at radius 3 is 2.71 bits per heavy atom. The average molecular weight is 245 g/mol. The van der Waals surface area contributed by atoms with Crippen molar-refractivity contribution in [3.8, 4) is 0 Å². The standard InChI is InChI=1S/C11H14F3N3/c1-16-7-3-2-4-8-5-6-9(15)17-10(8)11(12,13)14/h2,4-6,16H,3,7H2,1H3,(H2,15,17). The van der Waals surface area contributed by atoms with E-state index in [0.717, 1.165) is 0 Å². The lowest BCUT2D eigenvalue weighted by Gasteiger charge is -2.09. The zero-order valence-corrected chi connectivity index (χ0v) is 9.38. The fraction of sp³-hybridized carbons (Fsp3) is 0.364. The minimum atomic E-state index is -4.49. The Kier molecular flexibility index (Phi) is 4.51. The van der Waals surface area contributed by atoms with Crippen LogP contribution in [0.2, 0.25) is 0 Å². The van der Waals surface area contributed by atoms with Gasteiger partial charge < -0.3 is 11.1 Å². The number of anilines is 1. The van der Waals surface area contributed by atoms with E-state index in [2.05, 4.69) is 10.3 Å². The molecule has 0 aliphatic carbocycles. The van der Waals surface area contributed by atoms with Crippen LogP contribution in [-0.2, 0) is 6.18 Å². The van der Waals surface area contributed by atoms with E-state index in [9.17, 15) is 13.2 Å². The van der Waals surface area contributed by atoms with Gasteiger partial charge in [-0.3, -0.25) is 0 Å². The maximum absolute atomic E-state index is 12.6. The average Bonchev–Trinajstić information content (AvgIpc) is 2.25. The number of aromatic nitrogens is 1. The molecule has 3 N–H and O–H groups in total. The van der Waals surface area contributed by atoms with Crippen LogP contribution in [0.1, 0.15) is 17.7 Å². The summed E-state index contributed by atoms with van der Waals surface area (Å²) in [5, 5.41) is 2.90. The van der Waals surface area contributed by atoms with Gasteiger partial charge in [0.1, 0.15) is 5.82 Å². The molecule has 0 aliphatic rings. The van der Waals surface area contributed by atoms with E-state index in [1.807, 2.05) is 0 Å². The molecule has 0 fully saturated rings. The molecule has 1 aromatic rings. The summed E-state index contributed by atoms with van der Waals surface area (Å²) in [5.74, 6) is -0.135. The highest BCUT2D eigenvalue weighted by Gasteiger charge is 2.34. The van der Waals surface area contributed by atoms with Crippen LogP contribution in [0.15, 0.2) is 18.2 Å². The van der Waals surface area contributed by atoms with E-state index in [1.165, 1.54) is 18.2 Å². The van der Waals surface area contributed by atoms with Crippen LogP contribution in [0.5, 0.6) is 0 Å². The highest BCUT2D eigenvalue weighted by molar-refractivity contribution is 5.54. The van der Waals surface area contributed by atoms with Gasteiger partial charge in [0.05, 0.1) is 0 Å². The van der Waals surface area contributed by atoms with Crippen LogP contribution in [-0.4, -0.2) is 18.6 Å². The van der Waals surface area contributed by atoms with Crippen LogP contribution in [0.25, 0.3) is 6.08 Å². The van der Waals surface area contributed by atoms with Crippen molar-refractivity contribution in [2.45, 2.75) is 12.6 Å². The number of nitrogens with zero attached hydrogens (tertiary/aromatic N) is 1. The van der Waals surface area contributed by atoms with E-state index >= 15 is 0 Å². The Morgan fingerprint density at radius 2 is 2.12 bits per heavy atom. The molecular weight excluding hydrogens is 231 g/mol. The third-order valence-corrected chi connectivity index (χ3v) is 2.07. The lowest BCUT2D eigenvalue weighted by molar-refractivity contribution is -0.141. The Morgan fingerprint density at radius 1 is 1.41 bits per heavy atom. The lowest BCUT2D eigenvalue weighted by atomic mass is 10.1. The minimum Gasteiger partial charge on any atom is -0.384 e. The number of nitrogens with one attached hydrogen (secondary N) is 1. The highest BCUT2D eigenvalue weighted by Crippen LogP contribution is 2.31. The van der Waals surface area contributed by atoms with E-state index < -0.39 is 11.9 Å². The van der Waals surface area contributed by atoms with Gasteiger partial charge in [0.25, 0.3) is 0 Å². The van der Waals surface area contributed by atoms with E-state index in [1.54, 1.807) is 13.1 Å². The Bertz CT molecular complexity index is 399. The van der Waals surface area contributed by atoms with E-state index in [0.29, 0.717) is 13.0 Å². The maximum Gasteiger partial charge on any atom is 0.434 e. The molecule has 0 amide bonds. The Balaban J connectivity index is 2.95. The number of nitrogens with two attached hydrogens (primary N) is 1. The minimum absolute atomic E-state index is 0.0304. The second kappa shape index (κ2) is 5.67. The lowest BCUT2D eigenvalue weighted by Crippen LogP contribution is -2.11. The van der Waals surface area contributed by atoms with Gasteiger partial charge in [0, 0.05) is 5.56 Å². The molecule has 0 bridgehead atoms. The first-order valence-electron chi connectivity index (χ1n) is 5.10. The van der Waals surface area contributed by atoms with Crippen molar-refractivity contribution in [3.63, 3.8) is 0 Å². The fourth-order valence-corrected chi connectivity index (χ4v) is 1.28. The second-order valence-electron chi connectivity index (χ2n) is 3.47. The van der Waals surface area contributed by atoms with Gasteiger partial charge in [-0.15, -0.1) is 0 Å². The fourth-order valence-electron chi connectivity index (χ4n) is 1.28. The molecular formula is C11H14F3N3. The zero-order chi connectivity index (χ0) is 12.9. The largest absolute Gasteiger partial charge is 0.434 e. The summed E-state index contributed by atoms with van der Waals surface area (Å²) in [4.78, 5) is 3.33. The van der Waals surface area contributed by atoms with Crippen LogP contribution >= 0.6 is 0 Å². The first-order valence-corrected chi connectivity index (χ1v) is 5.10. The molecule has 3 nitrogen and oxygen atoms in total. The van der Waals surface area contributed by atoms with Gasteiger partial charge in [0.15, 0.2) is 5.69 Å². The monoisotopic (exact) mass is 245 g/mol. The van der Waals surface area contributed by atoms with Gasteiger partial charge >= 0.3 is 6.18 Å². The molecule has 1 rings (SSSR count). The summed E-state index contributed by atoms with van der Waals surface area (Å²) in [5.41, 5.74) is 4.34. The van der Waals surface area contributed by atoms with Crippen molar-refractivity contribution in [1.82, 2.24) is 10.3 Å². The molecule has 1 aromatic heterocycles. The number of pyridine rings is 1. The van der Waals surface area contributed by atoms with Crippen molar-refractivity contribution in [2.75, 3.05) is 19.3 Å². The molecule has 1 heterocycles. The van der Waals surface area contributed by atoms with Crippen molar-refractivity contribution in [3.05, 3.63) is 29.5 Å². The van der Waals surface area contributed by atoms with E-state index in [-0.39, 0.29) is 11.4 Å². The molecule has 0 aliphatic heterocycles. The third kappa shape index (κ3) is 4.07. The summed E-state index contributed by atoms with van der Waals surface area (Å²) in [6, 6.07) is 2.67. The quantitative estimate of drug-likeness (QED) is 0.800. The smallest absolute Gasteiger partial charge is 0.384 e. The number of hydrogen-bond acceptors (Lipinski definition) is 3. The predicted octanol–water partition coefficient (Wildman–Crippen LogP) is 2.31. The summed E-state index contributed by atoms with van der Waals surface area (Å²) in [7, 11) is 1.78. The summed E-state index contributed by atoms with van der Waals surface area (Å²) in [6.45, 7) is 0.709. The number of alkyl halides is 3. The predicted molar refractivity (Wildman–Crippen MR) is 61.2 cm³/mol. The van der Waals surface area contributed by atoms with Crippen molar-refractivity contribution in [2.24, 2.45) is 0 Å². The topological polar surface area (TPSA) is 50.9 Å². The molecule has 17 heavy (non-hydrogen) atoms. The van der Waals surface area contributed by atoms with Gasteiger partial charge in [-0.1, -0.05) is 12.2 Å². The maximum atomic E-state index is 12.6. The molecule has 0 aromatic carbocycles. The first kappa shape index (κ1) is 13.5. The number of nitrogen functional groups attached to an aromatic ring is 1. The van der Waals surface area contributed by atoms with Crippen molar-refractivity contribution >= 4 is 11.9 Å². The Labute approximate surface area is 97.5 Å². The molecule has 0 saturated carbocycles. The summed E-state index contributed by atoms with van der Waals surface area (Å²) in [6.07, 6.45) is -0.762. The second-order valence-corrected chi connectivity index (χ2v) is 3.47. The van der Waals surface area contributed by atoms with Gasteiger partial charge in [-0.2, -0.15) is 13.2 Å². The van der Waals surface area contributed by atoms with Gasteiger partial charge in [-0.25, -0.2) is 4.98 Å². The van der Waals surface area contributed by atoms with Gasteiger partial charge in [0.2, 0.25) is 0 Å². The first-order chi connectivity index (χ1) is 7.95. The molecule has 6 heteroatoms. The zero-order valence-electron chi connectivity index (χ0n) is 9.38. The van der Waals surface area contributed by atoms with Crippen LogP contribution in [0.3, 0.4) is 0 Å². The molecule has 0 unspecified atom stereocenters. The number of halogens is 3. The van der Waals surface area contributed by atoms with Crippen LogP contribution < -0.4 is 11.1 Å². The third-order valence-electron chi connectivity index (χ3n) is 2.07. The molecule has 94 valence electrons.